The van der Waals surface area contributed by atoms with E-state index in [0.717, 1.165) is 30.8 Å². The Labute approximate surface area is 189 Å². The molecule has 32 heavy (non-hydrogen) atoms. The lowest BCUT2D eigenvalue weighted by molar-refractivity contribution is -0.139. The molecule has 1 saturated heterocycles. The van der Waals surface area contributed by atoms with Crippen molar-refractivity contribution in [2.75, 3.05) is 26.2 Å². The van der Waals surface area contributed by atoms with Gasteiger partial charge < -0.3 is 5.11 Å². The molecular formula is C27H27N3O2. The molecule has 0 saturated carbocycles. The summed E-state index contributed by atoms with van der Waals surface area (Å²) in [5, 5.41) is 9.21. The molecule has 1 unspecified atom stereocenters. The van der Waals surface area contributed by atoms with E-state index in [9.17, 15) is 9.90 Å². The second kappa shape index (κ2) is 10.2. The van der Waals surface area contributed by atoms with E-state index in [0.29, 0.717) is 0 Å². The second-order valence-electron chi connectivity index (χ2n) is 8.14. The fourth-order valence-electron chi connectivity index (χ4n) is 4.28. The summed E-state index contributed by atoms with van der Waals surface area (Å²) >= 11 is 0. The SMILES string of the molecule is CC1CN([C@H](c2ccccc2)c2cccc(C#Cc3cccnc3)c2)CCN1CC(=O)O. The van der Waals surface area contributed by atoms with E-state index < -0.39 is 5.97 Å². The first-order valence-electron chi connectivity index (χ1n) is 10.9. The summed E-state index contributed by atoms with van der Waals surface area (Å²) in [4.78, 5) is 19.8. The lowest BCUT2D eigenvalue weighted by Crippen LogP contribution is -2.54. The van der Waals surface area contributed by atoms with Gasteiger partial charge in [0.2, 0.25) is 0 Å². The van der Waals surface area contributed by atoms with Gasteiger partial charge >= 0.3 is 5.97 Å². The van der Waals surface area contributed by atoms with Crippen molar-refractivity contribution >= 4 is 5.97 Å². The summed E-state index contributed by atoms with van der Waals surface area (Å²) in [6.07, 6.45) is 3.51. The smallest absolute Gasteiger partial charge is 0.317 e. The van der Waals surface area contributed by atoms with Crippen LogP contribution >= 0.6 is 0 Å². The Balaban J connectivity index is 1.62. The zero-order valence-corrected chi connectivity index (χ0v) is 18.2. The number of carbonyl (C=O) groups is 1. The van der Waals surface area contributed by atoms with Gasteiger partial charge in [0.25, 0.3) is 0 Å². The summed E-state index contributed by atoms with van der Waals surface area (Å²) in [7, 11) is 0. The topological polar surface area (TPSA) is 56.7 Å². The van der Waals surface area contributed by atoms with Crippen LogP contribution < -0.4 is 0 Å². The molecule has 0 radical (unpaired) electrons. The Hall–Kier alpha value is -3.46. The first kappa shape index (κ1) is 21.8. The number of aromatic nitrogens is 1. The molecule has 0 aliphatic carbocycles. The molecule has 1 N–H and O–H groups in total. The molecule has 4 rings (SSSR count). The molecule has 0 spiro atoms. The van der Waals surface area contributed by atoms with Gasteiger partial charge in [0.1, 0.15) is 0 Å². The molecule has 1 aliphatic heterocycles. The van der Waals surface area contributed by atoms with E-state index in [2.05, 4.69) is 71.1 Å². The molecule has 2 heterocycles. The zero-order chi connectivity index (χ0) is 22.3. The molecule has 162 valence electrons. The number of carboxylic acids is 1. The van der Waals surface area contributed by atoms with Crippen molar-refractivity contribution in [3.63, 3.8) is 0 Å². The third kappa shape index (κ3) is 5.42. The molecule has 5 nitrogen and oxygen atoms in total. The van der Waals surface area contributed by atoms with Crippen LogP contribution in [0.5, 0.6) is 0 Å². The van der Waals surface area contributed by atoms with Gasteiger partial charge in [-0.3, -0.25) is 19.6 Å². The fraction of sp³-hybridized carbons (Fsp3) is 0.259. The van der Waals surface area contributed by atoms with Crippen LogP contribution in [0.4, 0.5) is 0 Å². The van der Waals surface area contributed by atoms with Crippen LogP contribution in [0, 0.1) is 11.8 Å². The van der Waals surface area contributed by atoms with E-state index in [1.807, 2.05) is 29.2 Å². The Morgan fingerprint density at radius 2 is 1.78 bits per heavy atom. The normalized spacial score (nSPS) is 17.8. The van der Waals surface area contributed by atoms with E-state index in [1.54, 1.807) is 12.4 Å². The Morgan fingerprint density at radius 1 is 1.03 bits per heavy atom. The van der Waals surface area contributed by atoms with Crippen molar-refractivity contribution in [2.45, 2.75) is 19.0 Å². The summed E-state index contributed by atoms with van der Waals surface area (Å²) in [6.45, 7) is 4.54. The number of pyridine rings is 1. The van der Waals surface area contributed by atoms with Crippen LogP contribution in [0.2, 0.25) is 0 Å². The van der Waals surface area contributed by atoms with Crippen LogP contribution in [0.1, 0.15) is 35.2 Å². The number of hydrogen-bond donors (Lipinski definition) is 1. The van der Waals surface area contributed by atoms with Gasteiger partial charge in [-0.25, -0.2) is 0 Å². The Bertz CT molecular complexity index is 1110. The summed E-state index contributed by atoms with van der Waals surface area (Å²) in [5.41, 5.74) is 4.27. The molecule has 2 atom stereocenters. The standard InChI is InChI=1S/C27H27N3O2/c1-21-19-30(16-15-29(21)20-26(31)32)27(24-9-3-2-4-10-24)25-11-5-7-22(17-25)12-13-23-8-6-14-28-18-23/h2-11,14,17-18,21,27H,15-16,19-20H2,1H3,(H,31,32)/t21?,27-/m1/s1. The van der Waals surface area contributed by atoms with Crippen LogP contribution in [-0.4, -0.2) is 58.1 Å². The van der Waals surface area contributed by atoms with Gasteiger partial charge in [0, 0.05) is 49.2 Å². The minimum absolute atomic E-state index is 0.0877. The highest BCUT2D eigenvalue weighted by atomic mass is 16.4. The van der Waals surface area contributed by atoms with Crippen LogP contribution in [0.25, 0.3) is 0 Å². The van der Waals surface area contributed by atoms with E-state index in [1.165, 1.54) is 11.1 Å². The molecule has 1 fully saturated rings. The van der Waals surface area contributed by atoms with Crippen molar-refractivity contribution in [1.82, 2.24) is 14.8 Å². The first-order chi connectivity index (χ1) is 15.6. The monoisotopic (exact) mass is 425 g/mol. The van der Waals surface area contributed by atoms with E-state index in [4.69, 9.17) is 0 Å². The summed E-state index contributed by atoms with van der Waals surface area (Å²) in [6, 6.07) is 23.0. The number of rotatable bonds is 5. The van der Waals surface area contributed by atoms with Crippen LogP contribution in [0.3, 0.4) is 0 Å². The lowest BCUT2D eigenvalue weighted by atomic mass is 9.94. The summed E-state index contributed by atoms with van der Waals surface area (Å²) < 4.78 is 0. The predicted octanol–water partition coefficient (Wildman–Crippen LogP) is 3.66. The highest BCUT2D eigenvalue weighted by Gasteiger charge is 2.31. The number of piperazine rings is 1. The predicted molar refractivity (Wildman–Crippen MR) is 125 cm³/mol. The fourth-order valence-corrected chi connectivity index (χ4v) is 4.28. The van der Waals surface area contributed by atoms with Crippen molar-refractivity contribution in [3.8, 4) is 11.8 Å². The van der Waals surface area contributed by atoms with Gasteiger partial charge in [-0.2, -0.15) is 0 Å². The Kier molecular flexibility index (Phi) is 6.96. The van der Waals surface area contributed by atoms with Gasteiger partial charge in [-0.15, -0.1) is 0 Å². The maximum Gasteiger partial charge on any atom is 0.317 e. The Morgan fingerprint density at radius 3 is 2.50 bits per heavy atom. The number of hydrogen-bond acceptors (Lipinski definition) is 4. The largest absolute Gasteiger partial charge is 0.480 e. The molecule has 5 heteroatoms. The molecule has 2 aromatic carbocycles. The second-order valence-corrected chi connectivity index (χ2v) is 8.14. The zero-order valence-electron chi connectivity index (χ0n) is 18.2. The van der Waals surface area contributed by atoms with Crippen molar-refractivity contribution < 1.29 is 9.90 Å². The maximum atomic E-state index is 11.2. The van der Waals surface area contributed by atoms with Gasteiger partial charge in [0.15, 0.2) is 0 Å². The molecule has 1 aromatic heterocycles. The highest BCUT2D eigenvalue weighted by Crippen LogP contribution is 2.31. The van der Waals surface area contributed by atoms with Gasteiger partial charge in [-0.1, -0.05) is 54.3 Å². The van der Waals surface area contributed by atoms with Crippen molar-refractivity contribution in [3.05, 3.63) is 101 Å². The van der Waals surface area contributed by atoms with E-state index >= 15 is 0 Å². The molecule has 3 aromatic rings. The number of benzene rings is 2. The lowest BCUT2D eigenvalue weighted by Gasteiger charge is -2.43. The quantitative estimate of drug-likeness (QED) is 0.633. The average Bonchev–Trinajstić information content (AvgIpc) is 2.81. The van der Waals surface area contributed by atoms with Gasteiger partial charge in [0.05, 0.1) is 12.6 Å². The first-order valence-corrected chi connectivity index (χ1v) is 10.9. The average molecular weight is 426 g/mol. The summed E-state index contributed by atoms with van der Waals surface area (Å²) in [5.74, 6) is 5.68. The number of nitrogens with zero attached hydrogens (tertiary/aromatic N) is 3. The highest BCUT2D eigenvalue weighted by molar-refractivity contribution is 5.69. The van der Waals surface area contributed by atoms with Gasteiger partial charge in [-0.05, 0) is 42.3 Å². The number of carboxylic acid groups (broad SMARTS) is 1. The van der Waals surface area contributed by atoms with Crippen LogP contribution in [-0.2, 0) is 4.79 Å². The maximum absolute atomic E-state index is 11.2. The molecular weight excluding hydrogens is 398 g/mol. The van der Waals surface area contributed by atoms with Crippen molar-refractivity contribution in [2.24, 2.45) is 0 Å². The van der Waals surface area contributed by atoms with E-state index in [-0.39, 0.29) is 18.6 Å². The molecule has 0 amide bonds. The third-order valence-corrected chi connectivity index (χ3v) is 5.83. The third-order valence-electron chi connectivity index (χ3n) is 5.83. The molecule has 1 aliphatic rings. The minimum atomic E-state index is -0.773. The van der Waals surface area contributed by atoms with Crippen LogP contribution in [0.15, 0.2) is 79.1 Å². The number of aliphatic carboxylic acids is 1. The minimum Gasteiger partial charge on any atom is -0.480 e. The van der Waals surface area contributed by atoms with Crippen molar-refractivity contribution in [1.29, 1.82) is 0 Å². The molecule has 0 bridgehead atoms.